The summed E-state index contributed by atoms with van der Waals surface area (Å²) in [5.74, 6) is 0. The molecule has 0 amide bonds. The maximum Gasteiger partial charge on any atom is 0.214 e. The first-order chi connectivity index (χ1) is 10.5. The van der Waals surface area contributed by atoms with Crippen molar-refractivity contribution in [1.29, 1.82) is 0 Å². The first kappa shape index (κ1) is 17.7. The van der Waals surface area contributed by atoms with Gasteiger partial charge in [0.25, 0.3) is 0 Å². The van der Waals surface area contributed by atoms with E-state index in [0.717, 1.165) is 25.7 Å². The van der Waals surface area contributed by atoms with Gasteiger partial charge >= 0.3 is 0 Å². The molecule has 1 saturated heterocycles. The van der Waals surface area contributed by atoms with Gasteiger partial charge in [-0.3, -0.25) is 0 Å². The van der Waals surface area contributed by atoms with E-state index in [9.17, 15) is 15.3 Å². The van der Waals surface area contributed by atoms with Gasteiger partial charge in [-0.25, -0.2) is 0 Å². The highest BCUT2D eigenvalue weighted by atomic mass is 16.7. The van der Waals surface area contributed by atoms with Gasteiger partial charge in [-0.1, -0.05) is 26.2 Å². The van der Waals surface area contributed by atoms with Gasteiger partial charge in [-0.2, -0.15) is 10.2 Å². The molecule has 0 aromatic carbocycles. The molecule has 0 spiro atoms. The van der Waals surface area contributed by atoms with E-state index in [2.05, 4.69) is 17.2 Å². The number of hydrogen-bond acceptors (Lipinski definition) is 8. The lowest BCUT2D eigenvalue weighted by Crippen LogP contribution is -2.59. The number of aliphatic hydroxyl groups excluding tert-OH is 4. The molecular formula is C14H26N2O6. The van der Waals surface area contributed by atoms with Crippen LogP contribution in [0.1, 0.15) is 39.0 Å². The highest BCUT2D eigenvalue weighted by Crippen LogP contribution is 2.35. The normalized spacial score (nSPS) is 36.5. The van der Waals surface area contributed by atoms with Gasteiger partial charge in [0.2, 0.25) is 5.66 Å². The molecular weight excluding hydrogens is 292 g/mol. The number of unbranched alkanes of at least 4 members (excludes halogenated alkanes) is 3. The zero-order valence-electron chi connectivity index (χ0n) is 12.8. The Morgan fingerprint density at radius 1 is 1.05 bits per heavy atom. The molecule has 128 valence electrons. The lowest BCUT2D eigenvalue weighted by Gasteiger charge is -2.39. The fraction of sp³-hybridized carbons (Fsp3) is 1.00. The lowest BCUT2D eigenvalue weighted by atomic mass is 9.99. The Labute approximate surface area is 129 Å². The smallest absolute Gasteiger partial charge is 0.214 e. The van der Waals surface area contributed by atoms with E-state index in [1.165, 1.54) is 6.42 Å². The van der Waals surface area contributed by atoms with Gasteiger partial charge in [0.05, 0.1) is 13.2 Å². The van der Waals surface area contributed by atoms with Crippen LogP contribution in [-0.2, 0) is 9.47 Å². The third-order valence-electron chi connectivity index (χ3n) is 4.14. The van der Waals surface area contributed by atoms with E-state index in [0.29, 0.717) is 0 Å². The topological polar surface area (TPSA) is 124 Å². The minimum Gasteiger partial charge on any atom is -0.394 e. The van der Waals surface area contributed by atoms with Crippen molar-refractivity contribution in [2.75, 3.05) is 13.2 Å². The van der Waals surface area contributed by atoms with Gasteiger partial charge < -0.3 is 29.9 Å². The maximum absolute atomic E-state index is 9.88. The van der Waals surface area contributed by atoms with Crippen LogP contribution in [0.5, 0.6) is 0 Å². The minimum atomic E-state index is -1.43. The molecule has 0 aromatic heterocycles. The summed E-state index contributed by atoms with van der Waals surface area (Å²) < 4.78 is 10.8. The third-order valence-corrected chi connectivity index (χ3v) is 4.14. The zero-order chi connectivity index (χ0) is 16.2. The van der Waals surface area contributed by atoms with E-state index < -0.39 is 43.0 Å². The molecule has 2 aliphatic rings. The summed E-state index contributed by atoms with van der Waals surface area (Å²) in [7, 11) is 0. The number of aliphatic hydroxyl groups is 4. The van der Waals surface area contributed by atoms with E-state index in [1.807, 2.05) is 0 Å². The van der Waals surface area contributed by atoms with Crippen LogP contribution in [-0.4, -0.2) is 70.0 Å². The fourth-order valence-corrected chi connectivity index (χ4v) is 2.56. The van der Waals surface area contributed by atoms with Crippen molar-refractivity contribution in [2.45, 2.75) is 75.4 Å². The molecule has 22 heavy (non-hydrogen) atoms. The second kappa shape index (κ2) is 7.76. The van der Waals surface area contributed by atoms with Crippen LogP contribution in [0, 0.1) is 0 Å². The number of ether oxygens (including phenoxy) is 2. The monoisotopic (exact) mass is 318 g/mol. The van der Waals surface area contributed by atoms with Gasteiger partial charge in [-0.15, -0.1) is 0 Å². The van der Waals surface area contributed by atoms with Gasteiger partial charge in [0.15, 0.2) is 6.29 Å². The van der Waals surface area contributed by atoms with E-state index >= 15 is 0 Å². The Balaban J connectivity index is 1.78. The molecule has 2 rings (SSSR count). The average Bonchev–Trinajstić information content (AvgIpc) is 3.29. The molecule has 4 N–H and O–H groups in total. The Morgan fingerprint density at radius 3 is 2.36 bits per heavy atom. The Bertz CT molecular complexity index is 372. The molecule has 0 bridgehead atoms. The molecule has 8 nitrogen and oxygen atoms in total. The molecule has 1 fully saturated rings. The fourth-order valence-electron chi connectivity index (χ4n) is 2.56. The van der Waals surface area contributed by atoms with E-state index in [1.54, 1.807) is 0 Å². The molecule has 0 radical (unpaired) electrons. The predicted molar refractivity (Wildman–Crippen MR) is 76.1 cm³/mol. The summed E-state index contributed by atoms with van der Waals surface area (Å²) in [5.41, 5.74) is -0.563. The van der Waals surface area contributed by atoms with Crippen molar-refractivity contribution >= 4 is 0 Å². The van der Waals surface area contributed by atoms with Crippen molar-refractivity contribution in [1.82, 2.24) is 0 Å². The molecule has 0 aromatic rings. The highest BCUT2D eigenvalue weighted by molar-refractivity contribution is 4.94. The third kappa shape index (κ3) is 4.21. The zero-order valence-corrected chi connectivity index (χ0v) is 12.8. The van der Waals surface area contributed by atoms with Crippen molar-refractivity contribution in [3.63, 3.8) is 0 Å². The summed E-state index contributed by atoms with van der Waals surface area (Å²) in [6.45, 7) is 1.83. The second-order valence-corrected chi connectivity index (χ2v) is 6.00. The summed E-state index contributed by atoms with van der Waals surface area (Å²) in [6, 6.07) is 0. The van der Waals surface area contributed by atoms with E-state index in [4.69, 9.17) is 14.6 Å². The molecule has 0 saturated carbocycles. The van der Waals surface area contributed by atoms with Gasteiger partial charge in [-0.05, 0) is 12.8 Å². The number of rotatable bonds is 9. The molecule has 8 heteroatoms. The molecule has 0 unspecified atom stereocenters. The van der Waals surface area contributed by atoms with Crippen LogP contribution in [0.4, 0.5) is 0 Å². The van der Waals surface area contributed by atoms with Crippen molar-refractivity contribution < 1.29 is 29.9 Å². The Morgan fingerprint density at radius 2 is 1.77 bits per heavy atom. The molecule has 5 atom stereocenters. The van der Waals surface area contributed by atoms with Crippen LogP contribution in [0.3, 0.4) is 0 Å². The summed E-state index contributed by atoms with van der Waals surface area (Å²) >= 11 is 0. The van der Waals surface area contributed by atoms with Crippen LogP contribution in [0.15, 0.2) is 10.2 Å². The predicted octanol–water partition coefficient (Wildman–Crippen LogP) is -0.0646. The quantitative estimate of drug-likeness (QED) is 0.441. The van der Waals surface area contributed by atoms with Crippen molar-refractivity contribution in [2.24, 2.45) is 10.2 Å². The molecule has 2 heterocycles. The molecule has 2 aliphatic heterocycles. The minimum absolute atomic E-state index is 0.155. The van der Waals surface area contributed by atoms with Gasteiger partial charge in [0.1, 0.15) is 24.4 Å². The first-order valence-electron chi connectivity index (χ1n) is 7.89. The summed E-state index contributed by atoms with van der Waals surface area (Å²) in [4.78, 5) is 0. The molecule has 0 aliphatic carbocycles. The maximum atomic E-state index is 9.88. The van der Waals surface area contributed by atoms with Crippen molar-refractivity contribution in [3.05, 3.63) is 0 Å². The Hall–Kier alpha value is -0.640. The number of hydrogen-bond donors (Lipinski definition) is 4. The lowest BCUT2D eigenvalue weighted by molar-refractivity contribution is -0.302. The van der Waals surface area contributed by atoms with Crippen LogP contribution in [0.25, 0.3) is 0 Å². The highest BCUT2D eigenvalue weighted by Gasteiger charge is 2.46. The van der Waals surface area contributed by atoms with Crippen molar-refractivity contribution in [3.8, 4) is 0 Å². The van der Waals surface area contributed by atoms with Crippen LogP contribution < -0.4 is 0 Å². The second-order valence-electron chi connectivity index (χ2n) is 6.00. The first-order valence-corrected chi connectivity index (χ1v) is 7.89. The van der Waals surface area contributed by atoms with Gasteiger partial charge in [0, 0.05) is 0 Å². The van der Waals surface area contributed by atoms with E-state index in [-0.39, 0.29) is 6.61 Å². The van der Waals surface area contributed by atoms with Crippen LogP contribution >= 0.6 is 0 Å². The standard InChI is InChI=1S/C14H26N2O6/c1-2-3-4-5-6-14(15-16-14)8-21-13-12(20)11(19)10(18)9(7-17)22-13/h9-13,17-20H,2-8H2,1H3/t9-,10-,11+,12-,13-/m1/s1. The summed E-state index contributed by atoms with van der Waals surface area (Å²) in [5, 5.41) is 46.4. The largest absolute Gasteiger partial charge is 0.394 e. The Kier molecular flexibility index (Phi) is 6.25. The average molecular weight is 318 g/mol. The number of nitrogens with zero attached hydrogens (tertiary/aromatic N) is 2. The van der Waals surface area contributed by atoms with Crippen LogP contribution in [0.2, 0.25) is 0 Å². The SMILES string of the molecule is CCCCCCC1(CO[C@@H]2O[C@H](CO)[C@@H](O)[C@H](O)[C@H]2O)N=N1. The summed E-state index contributed by atoms with van der Waals surface area (Å²) in [6.07, 6.45) is -1.04.